The molecule has 1 aromatic carbocycles. The summed E-state index contributed by atoms with van der Waals surface area (Å²) in [5.74, 6) is -0.835. The second-order valence-corrected chi connectivity index (χ2v) is 8.74. The minimum Gasteiger partial charge on any atom is -0.503 e. The van der Waals surface area contributed by atoms with Crippen LogP contribution in [-0.2, 0) is 4.79 Å². The molecule has 7 nitrogen and oxygen atoms in total. The van der Waals surface area contributed by atoms with E-state index < -0.39 is 17.7 Å². The third kappa shape index (κ3) is 4.11. The number of nitrogens with zero attached hydrogens (tertiary/aromatic N) is 3. The first kappa shape index (κ1) is 22.0. The molecule has 0 aliphatic carbocycles. The van der Waals surface area contributed by atoms with Gasteiger partial charge in [0.25, 0.3) is 5.91 Å². The lowest BCUT2D eigenvalue weighted by Crippen LogP contribution is -2.33. The second kappa shape index (κ2) is 8.97. The highest BCUT2D eigenvalue weighted by atomic mass is 32.1. The van der Waals surface area contributed by atoms with Crippen LogP contribution < -0.4 is 4.74 Å². The molecule has 1 aromatic heterocycles. The minimum atomic E-state index is -0.717. The number of para-hydroxylation sites is 1. The van der Waals surface area contributed by atoms with Crippen LogP contribution >= 0.6 is 11.3 Å². The zero-order valence-corrected chi connectivity index (χ0v) is 18.7. The topological polar surface area (TPSA) is 83.0 Å². The fourth-order valence-corrected chi connectivity index (χ4v) is 4.63. The molecular weight excluding hydrogens is 402 g/mol. The third-order valence-corrected chi connectivity index (χ3v) is 6.17. The van der Waals surface area contributed by atoms with Gasteiger partial charge in [0.2, 0.25) is 5.78 Å². The van der Waals surface area contributed by atoms with Crippen molar-refractivity contribution in [2.75, 3.05) is 34.3 Å². The number of aromatic nitrogens is 1. The molecule has 0 spiro atoms. The van der Waals surface area contributed by atoms with E-state index in [0.29, 0.717) is 34.8 Å². The molecule has 1 amide bonds. The quantitative estimate of drug-likeness (QED) is 0.649. The molecule has 30 heavy (non-hydrogen) atoms. The van der Waals surface area contributed by atoms with Gasteiger partial charge in [-0.3, -0.25) is 9.59 Å². The number of ketones is 1. The molecule has 1 aliphatic heterocycles. The Morgan fingerprint density at radius 1 is 1.30 bits per heavy atom. The van der Waals surface area contributed by atoms with Crippen LogP contribution in [0.4, 0.5) is 0 Å². The first-order valence-electron chi connectivity index (χ1n) is 9.76. The number of hydrogen-bond acceptors (Lipinski definition) is 7. The Labute approximate surface area is 180 Å². The minimum absolute atomic E-state index is 0.0844. The summed E-state index contributed by atoms with van der Waals surface area (Å²) in [6.45, 7) is 4.77. The predicted molar refractivity (Wildman–Crippen MR) is 116 cm³/mol. The maximum atomic E-state index is 13.5. The van der Waals surface area contributed by atoms with Gasteiger partial charge in [0.15, 0.2) is 5.76 Å². The van der Waals surface area contributed by atoms with Gasteiger partial charge in [-0.2, -0.15) is 0 Å². The van der Waals surface area contributed by atoms with Crippen LogP contribution in [0, 0.1) is 13.8 Å². The normalized spacial score (nSPS) is 16.7. The van der Waals surface area contributed by atoms with Crippen molar-refractivity contribution < 1.29 is 19.4 Å². The number of aryl methyl sites for hydroxylation is 2. The van der Waals surface area contributed by atoms with Gasteiger partial charge >= 0.3 is 0 Å². The highest BCUT2D eigenvalue weighted by Gasteiger charge is 2.45. The van der Waals surface area contributed by atoms with Crippen molar-refractivity contribution in [1.82, 2.24) is 14.8 Å². The van der Waals surface area contributed by atoms with Crippen molar-refractivity contribution in [2.45, 2.75) is 26.3 Å². The lowest BCUT2D eigenvalue weighted by atomic mass is 9.94. The molecule has 0 fully saturated rings. The van der Waals surface area contributed by atoms with Crippen LogP contribution in [0.3, 0.4) is 0 Å². The number of ether oxygens (including phenoxy) is 1. The van der Waals surface area contributed by atoms with Crippen molar-refractivity contribution in [3.63, 3.8) is 0 Å². The number of carbonyl (C=O) groups excluding carboxylic acids is 2. The molecular formula is C22H27N3O4S. The first-order chi connectivity index (χ1) is 14.3. The van der Waals surface area contributed by atoms with Gasteiger partial charge < -0.3 is 19.6 Å². The van der Waals surface area contributed by atoms with Gasteiger partial charge in [0.05, 0.1) is 34.3 Å². The number of thiazole rings is 1. The van der Waals surface area contributed by atoms with Crippen LogP contribution in [0.2, 0.25) is 0 Å². The maximum absolute atomic E-state index is 13.5. The Morgan fingerprint density at radius 3 is 2.60 bits per heavy atom. The third-order valence-electron chi connectivity index (χ3n) is 5.10. The van der Waals surface area contributed by atoms with Crippen molar-refractivity contribution >= 4 is 23.0 Å². The van der Waals surface area contributed by atoms with Crippen molar-refractivity contribution in [3.05, 3.63) is 56.7 Å². The molecule has 160 valence electrons. The Morgan fingerprint density at radius 2 is 2.00 bits per heavy atom. The Balaban J connectivity index is 2.09. The van der Waals surface area contributed by atoms with Crippen molar-refractivity contribution in [3.8, 4) is 5.75 Å². The van der Waals surface area contributed by atoms with Gasteiger partial charge in [-0.1, -0.05) is 18.2 Å². The molecule has 0 unspecified atom stereocenters. The molecule has 0 saturated carbocycles. The second-order valence-electron chi connectivity index (χ2n) is 7.54. The number of methoxy groups -OCH3 is 1. The van der Waals surface area contributed by atoms with E-state index in [4.69, 9.17) is 4.74 Å². The average Bonchev–Trinajstić information content (AvgIpc) is 3.17. The summed E-state index contributed by atoms with van der Waals surface area (Å²) in [6, 6.07) is 6.56. The van der Waals surface area contributed by atoms with Gasteiger partial charge in [-0.25, -0.2) is 4.98 Å². The summed E-state index contributed by atoms with van der Waals surface area (Å²) in [6.07, 6.45) is 0.706. The summed E-state index contributed by atoms with van der Waals surface area (Å²) in [5.41, 5.74) is 1.35. The Hall–Kier alpha value is -2.71. The average molecular weight is 430 g/mol. The van der Waals surface area contributed by atoms with E-state index in [1.165, 1.54) is 11.3 Å². The van der Waals surface area contributed by atoms with Crippen LogP contribution in [0.15, 0.2) is 35.6 Å². The lowest BCUT2D eigenvalue weighted by Gasteiger charge is -2.28. The smallest absolute Gasteiger partial charge is 0.290 e. The number of Topliss-reactive ketones (excluding diaryl/α,β-unsaturated/α-hetero) is 1. The molecule has 3 rings (SSSR count). The molecule has 1 atom stereocenters. The molecule has 0 bridgehead atoms. The van der Waals surface area contributed by atoms with E-state index in [-0.39, 0.29) is 11.4 Å². The van der Waals surface area contributed by atoms with Gasteiger partial charge in [0.1, 0.15) is 5.75 Å². The Kier molecular flexibility index (Phi) is 6.58. The highest BCUT2D eigenvalue weighted by molar-refractivity contribution is 7.14. The molecule has 0 saturated heterocycles. The summed E-state index contributed by atoms with van der Waals surface area (Å²) >= 11 is 1.27. The number of carbonyl (C=O) groups is 2. The van der Waals surface area contributed by atoms with Gasteiger partial charge in [0, 0.05) is 12.1 Å². The summed E-state index contributed by atoms with van der Waals surface area (Å²) in [7, 11) is 5.47. The molecule has 0 radical (unpaired) electrons. The molecule has 2 heterocycles. The van der Waals surface area contributed by atoms with Gasteiger partial charge in [-0.05, 0) is 47.0 Å². The zero-order valence-electron chi connectivity index (χ0n) is 17.9. The van der Waals surface area contributed by atoms with E-state index in [1.807, 2.05) is 44.1 Å². The zero-order chi connectivity index (χ0) is 22.0. The van der Waals surface area contributed by atoms with Crippen LogP contribution in [-0.4, -0.2) is 65.9 Å². The standard InChI is InChI=1S/C22H27N3O4S/c1-13-21(30-14(2)23-13)19(26)17-18(15-9-6-7-10-16(15)29-5)25(22(28)20(17)27)12-8-11-24(3)4/h6-7,9-10,18,27H,8,11-12H2,1-5H3/t18-/m0/s1. The van der Waals surface area contributed by atoms with Gasteiger partial charge in [-0.15, -0.1) is 11.3 Å². The lowest BCUT2D eigenvalue weighted by molar-refractivity contribution is -0.129. The van der Waals surface area contributed by atoms with Crippen LogP contribution in [0.1, 0.15) is 38.4 Å². The summed E-state index contributed by atoms with van der Waals surface area (Å²) < 4.78 is 5.51. The SMILES string of the molecule is COc1ccccc1[C@H]1C(C(=O)c2sc(C)nc2C)=C(O)C(=O)N1CCCN(C)C. The number of hydrogen-bond donors (Lipinski definition) is 1. The molecule has 2 aromatic rings. The van der Waals surface area contributed by atoms with Crippen molar-refractivity contribution in [1.29, 1.82) is 0 Å². The summed E-state index contributed by atoms with van der Waals surface area (Å²) in [4.78, 5) is 34.8. The number of amides is 1. The van der Waals surface area contributed by atoms with E-state index in [0.717, 1.165) is 11.6 Å². The predicted octanol–water partition coefficient (Wildman–Crippen LogP) is 3.30. The maximum Gasteiger partial charge on any atom is 0.290 e. The summed E-state index contributed by atoms with van der Waals surface area (Å²) in [5, 5.41) is 11.5. The van der Waals surface area contributed by atoms with E-state index in [2.05, 4.69) is 4.98 Å². The first-order valence-corrected chi connectivity index (χ1v) is 10.6. The highest BCUT2D eigenvalue weighted by Crippen LogP contribution is 2.43. The molecule has 1 aliphatic rings. The number of benzene rings is 1. The number of aliphatic hydroxyl groups is 1. The molecule has 8 heteroatoms. The van der Waals surface area contributed by atoms with E-state index >= 15 is 0 Å². The fraction of sp³-hybridized carbons (Fsp3) is 0.409. The van der Waals surface area contributed by atoms with Crippen molar-refractivity contribution in [2.24, 2.45) is 0 Å². The molecule has 1 N–H and O–H groups in total. The van der Waals surface area contributed by atoms with Crippen LogP contribution in [0.25, 0.3) is 0 Å². The fourth-order valence-electron chi connectivity index (χ4n) is 3.75. The van der Waals surface area contributed by atoms with E-state index in [9.17, 15) is 14.7 Å². The van der Waals surface area contributed by atoms with E-state index in [1.54, 1.807) is 25.0 Å². The monoisotopic (exact) mass is 429 g/mol. The number of rotatable bonds is 8. The van der Waals surface area contributed by atoms with Crippen LogP contribution in [0.5, 0.6) is 5.75 Å². The largest absolute Gasteiger partial charge is 0.503 e. The number of aliphatic hydroxyl groups excluding tert-OH is 1. The Bertz CT molecular complexity index is 996.